The van der Waals surface area contributed by atoms with Crippen molar-refractivity contribution in [2.75, 3.05) is 38.6 Å². The summed E-state index contributed by atoms with van der Waals surface area (Å²) in [6.07, 6.45) is -5.32. The number of halogens is 5. The number of alkyl halides is 5. The zero-order valence-electron chi connectivity index (χ0n) is 21.8. The number of hydrogen-bond acceptors (Lipinski definition) is 5. The van der Waals surface area contributed by atoms with E-state index in [4.69, 9.17) is 4.74 Å². The average Bonchev–Trinajstić information content (AvgIpc) is 3.36. The number of aromatic nitrogens is 1. The van der Waals surface area contributed by atoms with Gasteiger partial charge in [-0.1, -0.05) is 6.07 Å². The minimum absolute atomic E-state index is 0.184. The van der Waals surface area contributed by atoms with Crippen LogP contribution in [0, 0.1) is 6.92 Å². The first-order chi connectivity index (χ1) is 18.4. The molecule has 3 aromatic rings. The van der Waals surface area contributed by atoms with Crippen LogP contribution in [0.5, 0.6) is 5.75 Å². The number of nitrogens with one attached hydrogen (secondary N) is 2. The standard InChI is InChI=1S/C27H31F5N4O3/c1-15-10-23(39-3)20(18-6-7-33-25(15)18)12-36-9-8-35(14-24(28)29)13-22(36)17-4-5-19(26(37)38)21(11-17)34-16(2)27(30,31)32/h4-7,10-11,16,22,24,33-34H,8-9,12-14H2,1-3H3,(H,37,38)/t16-,22?/m0/s1. The summed E-state index contributed by atoms with van der Waals surface area (Å²) < 4.78 is 72.1. The fraction of sp³-hybridized carbons (Fsp3) is 0.444. The maximum absolute atomic E-state index is 13.3. The predicted molar refractivity (Wildman–Crippen MR) is 138 cm³/mol. The topological polar surface area (TPSA) is 80.8 Å². The van der Waals surface area contributed by atoms with Crippen LogP contribution in [-0.2, 0) is 6.54 Å². The third kappa shape index (κ3) is 6.27. The Morgan fingerprint density at radius 1 is 1.23 bits per heavy atom. The molecule has 1 aromatic heterocycles. The maximum Gasteiger partial charge on any atom is 0.408 e. The van der Waals surface area contributed by atoms with Crippen molar-refractivity contribution in [3.63, 3.8) is 0 Å². The van der Waals surface area contributed by atoms with Crippen molar-refractivity contribution in [1.29, 1.82) is 0 Å². The fourth-order valence-electron chi connectivity index (χ4n) is 5.12. The summed E-state index contributed by atoms with van der Waals surface area (Å²) in [5.74, 6) is -0.714. The van der Waals surface area contributed by atoms with Gasteiger partial charge in [-0.05, 0) is 49.2 Å². The van der Waals surface area contributed by atoms with Gasteiger partial charge in [0.25, 0.3) is 6.43 Å². The number of ether oxygens (including phenoxy) is 1. The van der Waals surface area contributed by atoms with Crippen molar-refractivity contribution < 1.29 is 36.6 Å². The van der Waals surface area contributed by atoms with Gasteiger partial charge >= 0.3 is 12.1 Å². The number of aryl methyl sites for hydroxylation is 1. The van der Waals surface area contributed by atoms with E-state index in [9.17, 15) is 31.9 Å². The smallest absolute Gasteiger partial charge is 0.408 e. The summed E-state index contributed by atoms with van der Waals surface area (Å²) in [4.78, 5) is 18.7. The summed E-state index contributed by atoms with van der Waals surface area (Å²) in [7, 11) is 1.57. The monoisotopic (exact) mass is 554 g/mol. The van der Waals surface area contributed by atoms with Crippen LogP contribution in [0.1, 0.15) is 40.0 Å². The number of fused-ring (bicyclic) bond motifs is 1. The zero-order chi connectivity index (χ0) is 28.5. The number of hydrogen-bond donors (Lipinski definition) is 3. The van der Waals surface area contributed by atoms with Gasteiger partial charge in [-0.15, -0.1) is 0 Å². The van der Waals surface area contributed by atoms with Gasteiger partial charge in [-0.2, -0.15) is 13.2 Å². The van der Waals surface area contributed by atoms with E-state index in [-0.39, 0.29) is 17.8 Å². The van der Waals surface area contributed by atoms with Crippen molar-refractivity contribution in [3.8, 4) is 5.75 Å². The second kappa shape index (κ2) is 11.4. The van der Waals surface area contributed by atoms with Crippen LogP contribution >= 0.6 is 0 Å². The molecule has 4 rings (SSSR count). The molecule has 7 nitrogen and oxygen atoms in total. The molecular weight excluding hydrogens is 523 g/mol. The largest absolute Gasteiger partial charge is 0.496 e. The van der Waals surface area contributed by atoms with Crippen LogP contribution in [0.4, 0.5) is 27.6 Å². The van der Waals surface area contributed by atoms with Crippen LogP contribution in [0.25, 0.3) is 10.9 Å². The number of anilines is 1. The van der Waals surface area contributed by atoms with Crippen molar-refractivity contribution >= 4 is 22.6 Å². The number of carboxylic acid groups (broad SMARTS) is 1. The molecule has 2 atom stereocenters. The average molecular weight is 555 g/mol. The molecule has 1 unspecified atom stereocenters. The van der Waals surface area contributed by atoms with Crippen LogP contribution in [0.3, 0.4) is 0 Å². The van der Waals surface area contributed by atoms with Crippen molar-refractivity contribution in [2.24, 2.45) is 0 Å². The number of carboxylic acids is 1. The van der Waals surface area contributed by atoms with Crippen LogP contribution in [0.15, 0.2) is 36.5 Å². The third-order valence-electron chi connectivity index (χ3n) is 7.19. The summed E-state index contributed by atoms with van der Waals surface area (Å²) in [6, 6.07) is 5.53. The van der Waals surface area contributed by atoms with E-state index in [0.717, 1.165) is 29.0 Å². The SMILES string of the molecule is COc1cc(C)c2[nH]ccc2c1CN1CCN(CC(F)F)CC1c1ccc(C(=O)O)c(N[C@@H](C)C(F)(F)F)c1. The number of nitrogens with zero attached hydrogens (tertiary/aromatic N) is 2. The lowest BCUT2D eigenvalue weighted by Gasteiger charge is -2.42. The number of aromatic carboxylic acids is 1. The molecule has 212 valence electrons. The number of aromatic amines is 1. The summed E-state index contributed by atoms with van der Waals surface area (Å²) in [5, 5.41) is 12.8. The van der Waals surface area contributed by atoms with Gasteiger partial charge in [-0.25, -0.2) is 13.6 Å². The molecule has 39 heavy (non-hydrogen) atoms. The summed E-state index contributed by atoms with van der Waals surface area (Å²) in [5.41, 5.74) is 2.85. The second-order valence-corrected chi connectivity index (χ2v) is 9.80. The number of carbonyl (C=O) groups is 1. The summed E-state index contributed by atoms with van der Waals surface area (Å²) >= 11 is 0. The van der Waals surface area contributed by atoms with E-state index in [0.29, 0.717) is 30.9 Å². The molecular formula is C27H31F5N4O3. The van der Waals surface area contributed by atoms with Gasteiger partial charge in [0.1, 0.15) is 11.8 Å². The molecule has 1 aliphatic heterocycles. The zero-order valence-corrected chi connectivity index (χ0v) is 21.8. The molecule has 0 spiro atoms. The Kier molecular flexibility index (Phi) is 8.36. The molecule has 0 saturated carbocycles. The normalized spacial score (nSPS) is 18.0. The Labute approximate surface area is 222 Å². The minimum Gasteiger partial charge on any atom is -0.496 e. The van der Waals surface area contributed by atoms with Crippen molar-refractivity contribution in [2.45, 2.75) is 45.1 Å². The van der Waals surface area contributed by atoms with Gasteiger partial charge in [0.2, 0.25) is 0 Å². The number of H-pyrrole nitrogens is 1. The Morgan fingerprint density at radius 3 is 2.62 bits per heavy atom. The Morgan fingerprint density at radius 2 is 1.97 bits per heavy atom. The molecule has 1 fully saturated rings. The van der Waals surface area contributed by atoms with E-state index < -0.39 is 37.2 Å². The highest BCUT2D eigenvalue weighted by Gasteiger charge is 2.37. The van der Waals surface area contributed by atoms with E-state index in [1.165, 1.54) is 18.2 Å². The molecule has 1 aliphatic rings. The molecule has 2 aromatic carbocycles. The van der Waals surface area contributed by atoms with Gasteiger partial charge in [0.15, 0.2) is 0 Å². The van der Waals surface area contributed by atoms with Crippen molar-refractivity contribution in [3.05, 3.63) is 58.8 Å². The lowest BCUT2D eigenvalue weighted by Crippen LogP contribution is -2.49. The first-order valence-electron chi connectivity index (χ1n) is 12.5. The first-order valence-corrected chi connectivity index (χ1v) is 12.5. The summed E-state index contributed by atoms with van der Waals surface area (Å²) in [6.45, 7) is 3.77. The molecule has 2 heterocycles. The van der Waals surface area contributed by atoms with E-state index in [2.05, 4.69) is 15.2 Å². The highest BCUT2D eigenvalue weighted by atomic mass is 19.4. The fourth-order valence-corrected chi connectivity index (χ4v) is 5.12. The highest BCUT2D eigenvalue weighted by molar-refractivity contribution is 5.94. The molecule has 0 radical (unpaired) electrons. The minimum atomic E-state index is -4.60. The van der Waals surface area contributed by atoms with Crippen LogP contribution < -0.4 is 10.1 Å². The molecule has 0 bridgehead atoms. The molecule has 1 saturated heterocycles. The third-order valence-corrected chi connectivity index (χ3v) is 7.19. The van der Waals surface area contributed by atoms with Gasteiger partial charge in [-0.3, -0.25) is 9.80 Å². The number of methoxy groups -OCH3 is 1. The number of benzene rings is 2. The quantitative estimate of drug-likeness (QED) is 0.296. The van der Waals surface area contributed by atoms with Crippen LogP contribution in [-0.4, -0.2) is 77.8 Å². The highest BCUT2D eigenvalue weighted by Crippen LogP contribution is 2.36. The Hall–Kier alpha value is -3.38. The van der Waals surface area contributed by atoms with Crippen LogP contribution in [0.2, 0.25) is 0 Å². The second-order valence-electron chi connectivity index (χ2n) is 9.80. The van der Waals surface area contributed by atoms with E-state index >= 15 is 0 Å². The Balaban J connectivity index is 1.75. The van der Waals surface area contributed by atoms with Gasteiger partial charge in [0.05, 0.1) is 19.2 Å². The predicted octanol–water partition coefficient (Wildman–Crippen LogP) is 5.67. The van der Waals surface area contributed by atoms with E-state index in [1.807, 2.05) is 25.3 Å². The Bertz CT molecular complexity index is 1330. The van der Waals surface area contributed by atoms with E-state index in [1.54, 1.807) is 12.0 Å². The first kappa shape index (κ1) is 28.6. The molecule has 3 N–H and O–H groups in total. The van der Waals surface area contributed by atoms with Crippen molar-refractivity contribution in [1.82, 2.24) is 14.8 Å². The molecule has 0 aliphatic carbocycles. The molecule has 0 amide bonds. The van der Waals surface area contributed by atoms with Gasteiger partial charge in [0, 0.05) is 60.6 Å². The lowest BCUT2D eigenvalue weighted by molar-refractivity contribution is -0.138. The molecule has 12 heteroatoms. The maximum atomic E-state index is 13.3. The van der Waals surface area contributed by atoms with Gasteiger partial charge < -0.3 is 20.1 Å². The number of piperazine rings is 1. The number of rotatable bonds is 9. The lowest BCUT2D eigenvalue weighted by atomic mass is 9.97.